The van der Waals surface area contributed by atoms with E-state index in [0.717, 1.165) is 31.2 Å². The van der Waals surface area contributed by atoms with Crippen molar-refractivity contribution in [3.8, 4) is 0 Å². The molecule has 0 spiro atoms. The van der Waals surface area contributed by atoms with Crippen molar-refractivity contribution in [3.63, 3.8) is 0 Å². The summed E-state index contributed by atoms with van der Waals surface area (Å²) in [6.07, 6.45) is 4.33. The number of rotatable bonds is 4. The van der Waals surface area contributed by atoms with Crippen LogP contribution in [0.3, 0.4) is 0 Å². The third kappa shape index (κ3) is 3.57. The van der Waals surface area contributed by atoms with Crippen LogP contribution in [0.15, 0.2) is 30.3 Å². The number of carbonyl (C=O) groups excluding carboxylic acids is 1. The summed E-state index contributed by atoms with van der Waals surface area (Å²) in [5.74, 6) is -0.396. The van der Waals surface area contributed by atoms with E-state index in [1.807, 2.05) is 30.3 Å². The van der Waals surface area contributed by atoms with Crippen LogP contribution in [0.2, 0.25) is 0 Å². The first-order valence-electron chi connectivity index (χ1n) is 6.66. The van der Waals surface area contributed by atoms with Crippen LogP contribution < -0.4 is 0 Å². The molecule has 1 saturated carbocycles. The van der Waals surface area contributed by atoms with Crippen LogP contribution in [0.4, 0.5) is 0 Å². The molecule has 1 aliphatic rings. The lowest BCUT2D eigenvalue weighted by Crippen LogP contribution is -2.32. The van der Waals surface area contributed by atoms with E-state index in [9.17, 15) is 9.90 Å². The minimum absolute atomic E-state index is 0.0852. The van der Waals surface area contributed by atoms with Crippen molar-refractivity contribution in [1.29, 1.82) is 0 Å². The molecule has 0 aliphatic heterocycles. The first-order chi connectivity index (χ1) is 8.77. The third-order valence-corrected chi connectivity index (χ3v) is 3.56. The zero-order valence-corrected chi connectivity index (χ0v) is 10.5. The monoisotopic (exact) mass is 248 g/mol. The fraction of sp³-hybridized carbons (Fsp3) is 0.533. The number of benzene rings is 1. The Morgan fingerprint density at radius 2 is 1.89 bits per heavy atom. The number of ether oxygens (including phenoxy) is 1. The summed E-state index contributed by atoms with van der Waals surface area (Å²) in [6.45, 7) is 0.240. The van der Waals surface area contributed by atoms with E-state index in [-0.39, 0.29) is 12.5 Å². The average Bonchev–Trinajstić information content (AvgIpc) is 2.46. The van der Waals surface area contributed by atoms with Crippen molar-refractivity contribution in [2.24, 2.45) is 5.92 Å². The lowest BCUT2D eigenvalue weighted by atomic mass is 9.85. The first-order valence-corrected chi connectivity index (χ1v) is 6.66. The summed E-state index contributed by atoms with van der Waals surface area (Å²) in [7, 11) is 0. The zero-order chi connectivity index (χ0) is 12.8. The van der Waals surface area contributed by atoms with Crippen LogP contribution in [0.25, 0.3) is 0 Å². The molecule has 3 nitrogen and oxygen atoms in total. The Labute approximate surface area is 108 Å². The summed E-state index contributed by atoms with van der Waals surface area (Å²) < 4.78 is 5.15. The van der Waals surface area contributed by atoms with Gasteiger partial charge in [-0.2, -0.15) is 0 Å². The number of aliphatic hydroxyl groups is 1. The summed E-state index contributed by atoms with van der Waals surface area (Å²) in [5.41, 5.74) is 0.946. The van der Waals surface area contributed by atoms with Crippen molar-refractivity contribution in [1.82, 2.24) is 0 Å². The highest BCUT2D eigenvalue weighted by molar-refractivity contribution is 5.74. The molecule has 1 N–H and O–H groups in total. The molecule has 1 aliphatic carbocycles. The Kier molecular flexibility index (Phi) is 4.76. The molecule has 2 rings (SSSR count). The summed E-state index contributed by atoms with van der Waals surface area (Å²) >= 11 is 0. The highest BCUT2D eigenvalue weighted by Crippen LogP contribution is 2.27. The van der Waals surface area contributed by atoms with Crippen LogP contribution in [0, 0.1) is 5.92 Å². The molecule has 0 bridgehead atoms. The van der Waals surface area contributed by atoms with Gasteiger partial charge in [0.1, 0.15) is 6.61 Å². The number of hydrogen-bond acceptors (Lipinski definition) is 3. The van der Waals surface area contributed by atoms with Crippen molar-refractivity contribution >= 4 is 5.97 Å². The van der Waals surface area contributed by atoms with Gasteiger partial charge in [0.15, 0.2) is 6.10 Å². The fourth-order valence-electron chi connectivity index (χ4n) is 2.46. The maximum absolute atomic E-state index is 11.7. The Balaban J connectivity index is 1.80. The van der Waals surface area contributed by atoms with Gasteiger partial charge < -0.3 is 9.84 Å². The third-order valence-electron chi connectivity index (χ3n) is 3.56. The van der Waals surface area contributed by atoms with Gasteiger partial charge in [-0.05, 0) is 24.3 Å². The number of carbonyl (C=O) groups is 1. The van der Waals surface area contributed by atoms with Crippen LogP contribution in [-0.2, 0) is 16.1 Å². The topological polar surface area (TPSA) is 46.5 Å². The maximum Gasteiger partial charge on any atom is 0.335 e. The second-order valence-electron chi connectivity index (χ2n) is 4.94. The lowest BCUT2D eigenvalue weighted by Gasteiger charge is -2.25. The van der Waals surface area contributed by atoms with E-state index in [1.165, 1.54) is 6.42 Å². The van der Waals surface area contributed by atoms with E-state index in [4.69, 9.17) is 4.74 Å². The second-order valence-corrected chi connectivity index (χ2v) is 4.94. The quantitative estimate of drug-likeness (QED) is 0.833. The van der Waals surface area contributed by atoms with Gasteiger partial charge in [-0.3, -0.25) is 0 Å². The SMILES string of the molecule is O=C(OCc1ccccc1)[C@@H](O)C1CCCCC1. The summed E-state index contributed by atoms with van der Waals surface area (Å²) in [5, 5.41) is 9.95. The molecule has 0 radical (unpaired) electrons. The molecule has 18 heavy (non-hydrogen) atoms. The zero-order valence-electron chi connectivity index (χ0n) is 10.5. The molecular formula is C15H20O3. The largest absolute Gasteiger partial charge is 0.459 e. The lowest BCUT2D eigenvalue weighted by molar-refractivity contribution is -0.158. The molecule has 1 aromatic carbocycles. The van der Waals surface area contributed by atoms with Gasteiger partial charge in [0.25, 0.3) is 0 Å². The van der Waals surface area contributed by atoms with Crippen molar-refractivity contribution < 1.29 is 14.6 Å². The van der Waals surface area contributed by atoms with Gasteiger partial charge >= 0.3 is 5.97 Å². The molecule has 98 valence electrons. The molecule has 3 heteroatoms. The maximum atomic E-state index is 11.7. The molecule has 1 fully saturated rings. The van der Waals surface area contributed by atoms with Gasteiger partial charge in [-0.25, -0.2) is 4.79 Å². The highest BCUT2D eigenvalue weighted by atomic mass is 16.5. The minimum atomic E-state index is -0.950. The molecule has 0 unspecified atom stereocenters. The Hall–Kier alpha value is -1.35. The molecule has 1 aromatic rings. The number of aliphatic hydroxyl groups excluding tert-OH is 1. The van der Waals surface area contributed by atoms with Gasteiger partial charge in [-0.1, -0.05) is 49.6 Å². The van der Waals surface area contributed by atoms with Crippen molar-refractivity contribution in [3.05, 3.63) is 35.9 Å². The fourth-order valence-corrected chi connectivity index (χ4v) is 2.46. The molecular weight excluding hydrogens is 228 g/mol. The molecule has 0 amide bonds. The highest BCUT2D eigenvalue weighted by Gasteiger charge is 2.28. The summed E-state index contributed by atoms with van der Waals surface area (Å²) in [6, 6.07) is 9.53. The van der Waals surface area contributed by atoms with E-state index in [1.54, 1.807) is 0 Å². The van der Waals surface area contributed by atoms with Crippen molar-refractivity contribution in [2.75, 3.05) is 0 Å². The molecule has 0 aromatic heterocycles. The predicted octanol–water partition coefficient (Wildman–Crippen LogP) is 2.67. The molecule has 0 heterocycles. The second kappa shape index (κ2) is 6.55. The standard InChI is InChI=1S/C15H20O3/c16-14(13-9-5-2-6-10-13)15(17)18-11-12-7-3-1-4-8-12/h1,3-4,7-8,13-14,16H,2,5-6,9-11H2/t14-/m0/s1. The summed E-state index contributed by atoms with van der Waals surface area (Å²) in [4.78, 5) is 11.7. The Morgan fingerprint density at radius 1 is 1.22 bits per heavy atom. The van der Waals surface area contributed by atoms with Crippen LogP contribution in [-0.4, -0.2) is 17.2 Å². The number of hydrogen-bond donors (Lipinski definition) is 1. The van der Waals surface area contributed by atoms with Crippen LogP contribution >= 0.6 is 0 Å². The van der Waals surface area contributed by atoms with Crippen LogP contribution in [0.1, 0.15) is 37.7 Å². The molecule has 0 saturated heterocycles. The Morgan fingerprint density at radius 3 is 2.56 bits per heavy atom. The minimum Gasteiger partial charge on any atom is -0.459 e. The van der Waals surface area contributed by atoms with E-state index in [0.29, 0.717) is 0 Å². The van der Waals surface area contributed by atoms with Crippen LogP contribution in [0.5, 0.6) is 0 Å². The van der Waals surface area contributed by atoms with E-state index >= 15 is 0 Å². The van der Waals surface area contributed by atoms with E-state index in [2.05, 4.69) is 0 Å². The van der Waals surface area contributed by atoms with Gasteiger partial charge in [-0.15, -0.1) is 0 Å². The Bertz CT molecular complexity index is 369. The first kappa shape index (κ1) is 13.1. The average molecular weight is 248 g/mol. The van der Waals surface area contributed by atoms with Crippen molar-refractivity contribution in [2.45, 2.75) is 44.8 Å². The number of esters is 1. The van der Waals surface area contributed by atoms with Gasteiger partial charge in [0, 0.05) is 0 Å². The van der Waals surface area contributed by atoms with E-state index < -0.39 is 12.1 Å². The predicted molar refractivity (Wildman–Crippen MR) is 68.8 cm³/mol. The molecule has 1 atom stereocenters. The van der Waals surface area contributed by atoms with Gasteiger partial charge in [0.05, 0.1) is 0 Å². The normalized spacial score (nSPS) is 18.3. The smallest absolute Gasteiger partial charge is 0.335 e. The van der Waals surface area contributed by atoms with Gasteiger partial charge in [0.2, 0.25) is 0 Å².